The smallest absolute Gasteiger partial charge is 0.341 e. The highest BCUT2D eigenvalue weighted by atomic mass is 32.2. The molecule has 2 aromatic rings. The number of hydrogen-bond donors (Lipinski definition) is 2. The van der Waals surface area contributed by atoms with Crippen LogP contribution in [0.25, 0.3) is 0 Å². The molecule has 170 valence electrons. The Bertz CT molecular complexity index is 1150. The van der Waals surface area contributed by atoms with E-state index in [4.69, 9.17) is 19.3 Å². The molecular formula is C20H20N2O9S. The van der Waals surface area contributed by atoms with Gasteiger partial charge in [-0.25, -0.2) is 17.9 Å². The molecule has 0 bridgehead atoms. The number of sulfonamides is 1. The van der Waals surface area contributed by atoms with Gasteiger partial charge in [-0.05, 0) is 18.2 Å². The second-order valence-electron chi connectivity index (χ2n) is 7.45. The monoisotopic (exact) mass is 464 g/mol. The summed E-state index contributed by atoms with van der Waals surface area (Å²) in [6.45, 7) is -0.536. The van der Waals surface area contributed by atoms with Crippen LogP contribution in [-0.4, -0.2) is 56.4 Å². The second-order valence-corrected chi connectivity index (χ2v) is 9.16. The number of methoxy groups -OCH3 is 1. The van der Waals surface area contributed by atoms with E-state index in [1.54, 1.807) is 18.2 Å². The van der Waals surface area contributed by atoms with Crippen LogP contribution in [-0.2, 0) is 19.6 Å². The molecule has 0 aromatic heterocycles. The zero-order valence-electron chi connectivity index (χ0n) is 16.8. The van der Waals surface area contributed by atoms with E-state index in [1.165, 1.54) is 19.2 Å². The summed E-state index contributed by atoms with van der Waals surface area (Å²) in [4.78, 5) is 21.0. The Morgan fingerprint density at radius 1 is 1.28 bits per heavy atom. The summed E-state index contributed by atoms with van der Waals surface area (Å²) in [5, 5.41) is 19.7. The lowest BCUT2D eigenvalue weighted by Gasteiger charge is -2.24. The van der Waals surface area contributed by atoms with Gasteiger partial charge in [0, 0.05) is 37.1 Å². The van der Waals surface area contributed by atoms with E-state index < -0.39 is 51.7 Å². The van der Waals surface area contributed by atoms with Crippen LogP contribution in [0.1, 0.15) is 17.9 Å². The molecule has 12 heteroatoms. The Hall–Kier alpha value is -3.22. The number of nitro benzene ring substituents is 1. The summed E-state index contributed by atoms with van der Waals surface area (Å²) in [6.07, 6.45) is -0.467. The first-order chi connectivity index (χ1) is 15.2. The fraction of sp³-hybridized carbons (Fsp3) is 0.350. The summed E-state index contributed by atoms with van der Waals surface area (Å²) < 4.78 is 45.5. The van der Waals surface area contributed by atoms with Crippen LogP contribution in [0, 0.1) is 10.1 Å². The minimum absolute atomic E-state index is 0.112. The summed E-state index contributed by atoms with van der Waals surface area (Å²) in [5.41, 5.74) is 0.473. The molecule has 4 rings (SSSR count). The highest BCUT2D eigenvalue weighted by Crippen LogP contribution is 2.51. The lowest BCUT2D eigenvalue weighted by molar-refractivity contribution is -0.384. The lowest BCUT2D eigenvalue weighted by atomic mass is 9.94. The number of hydrogen-bond acceptors (Lipinski definition) is 8. The molecule has 2 aromatic carbocycles. The standard InChI is InChI=1S/C20H20N2O9S/c1-29-16-9-15-18(13-3-2-4-14(20(13)31-15)30-10-17(23)24)19(16)21-32(27,28)12-7-5-11(6-8-12)22(25)26/h2-8,15-16,18-19,21H,9-10H2,1H3,(H,23,24). The summed E-state index contributed by atoms with van der Waals surface area (Å²) in [5.74, 6) is -0.867. The molecule has 1 saturated carbocycles. The molecule has 11 nitrogen and oxygen atoms in total. The quantitative estimate of drug-likeness (QED) is 0.438. The number of rotatable bonds is 8. The van der Waals surface area contributed by atoms with Crippen molar-refractivity contribution in [2.75, 3.05) is 13.7 Å². The van der Waals surface area contributed by atoms with E-state index >= 15 is 0 Å². The minimum Gasteiger partial charge on any atom is -0.485 e. The Kier molecular flexibility index (Phi) is 5.75. The Morgan fingerprint density at radius 2 is 2.00 bits per heavy atom. The maximum atomic E-state index is 13.0. The van der Waals surface area contributed by atoms with Gasteiger partial charge in [0.15, 0.2) is 18.1 Å². The van der Waals surface area contributed by atoms with Crippen LogP contribution in [0.4, 0.5) is 5.69 Å². The van der Waals surface area contributed by atoms with Crippen LogP contribution in [0.2, 0.25) is 0 Å². The van der Waals surface area contributed by atoms with Crippen molar-refractivity contribution in [2.45, 2.75) is 35.5 Å². The van der Waals surface area contributed by atoms with Gasteiger partial charge >= 0.3 is 5.97 Å². The topological polar surface area (TPSA) is 154 Å². The molecule has 1 aliphatic carbocycles. The van der Waals surface area contributed by atoms with Gasteiger partial charge in [0.2, 0.25) is 10.0 Å². The molecule has 0 radical (unpaired) electrons. The molecule has 1 aliphatic heterocycles. The van der Waals surface area contributed by atoms with Crippen molar-refractivity contribution in [2.24, 2.45) is 0 Å². The number of nitro groups is 1. The molecule has 32 heavy (non-hydrogen) atoms. The van der Waals surface area contributed by atoms with E-state index in [9.17, 15) is 23.3 Å². The molecule has 0 saturated heterocycles. The number of fused-ring (bicyclic) bond motifs is 3. The predicted octanol–water partition coefficient (Wildman–Crippen LogP) is 1.67. The largest absolute Gasteiger partial charge is 0.485 e. The fourth-order valence-corrected chi connectivity index (χ4v) is 5.50. The summed E-state index contributed by atoms with van der Waals surface area (Å²) in [6, 6.07) is 8.97. The van der Waals surface area contributed by atoms with Gasteiger partial charge < -0.3 is 19.3 Å². The summed E-state index contributed by atoms with van der Waals surface area (Å²) >= 11 is 0. The van der Waals surface area contributed by atoms with Gasteiger partial charge in [-0.2, -0.15) is 0 Å². The average Bonchev–Trinajstić information content (AvgIpc) is 3.28. The van der Waals surface area contributed by atoms with Gasteiger partial charge in [0.1, 0.15) is 6.10 Å². The van der Waals surface area contributed by atoms with Crippen LogP contribution in [0.3, 0.4) is 0 Å². The van der Waals surface area contributed by atoms with Gasteiger partial charge in [0.05, 0.1) is 22.0 Å². The Balaban J connectivity index is 1.63. The minimum atomic E-state index is -4.02. The number of carboxylic acid groups (broad SMARTS) is 1. The Morgan fingerprint density at radius 3 is 2.62 bits per heavy atom. The van der Waals surface area contributed by atoms with Crippen LogP contribution in [0.15, 0.2) is 47.4 Å². The number of aliphatic carboxylic acids is 1. The van der Waals surface area contributed by atoms with E-state index in [0.29, 0.717) is 17.7 Å². The number of ether oxygens (including phenoxy) is 3. The highest BCUT2D eigenvalue weighted by Gasteiger charge is 2.52. The normalized spacial score (nSPS) is 23.8. The number of nitrogens with one attached hydrogen (secondary N) is 1. The van der Waals surface area contributed by atoms with Crippen LogP contribution < -0.4 is 14.2 Å². The van der Waals surface area contributed by atoms with E-state index in [1.807, 2.05) is 0 Å². The van der Waals surface area contributed by atoms with Crippen molar-refractivity contribution in [3.63, 3.8) is 0 Å². The van der Waals surface area contributed by atoms with E-state index in [-0.39, 0.29) is 16.3 Å². The molecule has 4 atom stereocenters. The van der Waals surface area contributed by atoms with Gasteiger partial charge in [-0.3, -0.25) is 10.1 Å². The van der Waals surface area contributed by atoms with Gasteiger partial charge in [-0.1, -0.05) is 12.1 Å². The van der Waals surface area contributed by atoms with Crippen molar-refractivity contribution < 1.29 is 37.5 Å². The summed E-state index contributed by atoms with van der Waals surface area (Å²) in [7, 11) is -2.54. The number of non-ortho nitro benzene ring substituents is 1. The second kappa shape index (κ2) is 8.37. The third kappa shape index (κ3) is 3.99. The van der Waals surface area contributed by atoms with Gasteiger partial charge in [0.25, 0.3) is 5.69 Å². The maximum absolute atomic E-state index is 13.0. The van der Waals surface area contributed by atoms with Crippen molar-refractivity contribution in [1.29, 1.82) is 0 Å². The average molecular weight is 464 g/mol. The van der Waals surface area contributed by atoms with Crippen molar-refractivity contribution in [3.05, 3.63) is 58.1 Å². The van der Waals surface area contributed by atoms with Crippen LogP contribution in [0.5, 0.6) is 11.5 Å². The number of nitrogens with zero attached hydrogens (tertiary/aromatic N) is 1. The SMILES string of the molecule is COC1CC2Oc3c(OCC(=O)O)cccc3C2C1NS(=O)(=O)c1ccc([N+](=O)[O-])cc1. The molecular weight excluding hydrogens is 444 g/mol. The van der Waals surface area contributed by atoms with Crippen LogP contribution >= 0.6 is 0 Å². The van der Waals surface area contributed by atoms with Crippen molar-refractivity contribution >= 4 is 21.7 Å². The number of para-hydroxylation sites is 1. The van der Waals surface area contributed by atoms with E-state index in [0.717, 1.165) is 12.1 Å². The number of carbonyl (C=O) groups is 1. The number of benzene rings is 2. The third-order valence-corrected chi connectivity index (χ3v) is 7.07. The maximum Gasteiger partial charge on any atom is 0.341 e. The number of carboxylic acids is 1. The van der Waals surface area contributed by atoms with Crippen molar-refractivity contribution in [3.8, 4) is 11.5 Å². The molecule has 0 spiro atoms. The highest BCUT2D eigenvalue weighted by molar-refractivity contribution is 7.89. The molecule has 4 unspecified atom stereocenters. The molecule has 1 fully saturated rings. The third-order valence-electron chi connectivity index (χ3n) is 5.59. The molecule has 2 N–H and O–H groups in total. The zero-order valence-corrected chi connectivity index (χ0v) is 17.7. The van der Waals surface area contributed by atoms with Crippen molar-refractivity contribution in [1.82, 2.24) is 4.72 Å². The fourth-order valence-electron chi connectivity index (χ4n) is 4.21. The first-order valence-corrected chi connectivity index (χ1v) is 11.1. The first kappa shape index (κ1) is 22.0. The first-order valence-electron chi connectivity index (χ1n) is 9.65. The van der Waals surface area contributed by atoms with E-state index in [2.05, 4.69) is 4.72 Å². The van der Waals surface area contributed by atoms with Gasteiger partial charge in [-0.15, -0.1) is 0 Å². The predicted molar refractivity (Wildman–Crippen MR) is 109 cm³/mol. The molecule has 2 aliphatic rings. The lowest BCUT2D eigenvalue weighted by Crippen LogP contribution is -2.44. The Labute approximate surface area is 183 Å². The zero-order chi connectivity index (χ0) is 23.0. The molecule has 1 heterocycles. The molecule has 0 amide bonds.